The third kappa shape index (κ3) is 2.06. The van der Waals surface area contributed by atoms with E-state index in [2.05, 4.69) is 0 Å². The summed E-state index contributed by atoms with van der Waals surface area (Å²) < 4.78 is 27.2. The topological polar surface area (TPSA) is 71.8 Å². The maximum atomic E-state index is 13.2. The van der Waals surface area contributed by atoms with Gasteiger partial charge in [0.15, 0.2) is 11.6 Å². The first kappa shape index (κ1) is 12.8. The first-order valence-electron chi connectivity index (χ1n) is 5.30. The van der Waals surface area contributed by atoms with Gasteiger partial charge in [-0.2, -0.15) is 5.26 Å². The molecular formula is C13H9F2N3O. The average molecular weight is 261 g/mol. The van der Waals surface area contributed by atoms with Gasteiger partial charge in [0.05, 0.1) is 0 Å². The van der Waals surface area contributed by atoms with Gasteiger partial charge in [-0.15, -0.1) is 0 Å². The van der Waals surface area contributed by atoms with Crippen molar-refractivity contribution < 1.29 is 8.78 Å². The number of nitriles is 1. The summed E-state index contributed by atoms with van der Waals surface area (Å²) in [4.78, 5) is 11.9. The second kappa shape index (κ2) is 4.53. The van der Waals surface area contributed by atoms with Crippen molar-refractivity contribution in [2.24, 2.45) is 7.05 Å². The maximum absolute atomic E-state index is 13.2. The van der Waals surface area contributed by atoms with Gasteiger partial charge in [-0.25, -0.2) is 8.78 Å². The van der Waals surface area contributed by atoms with Crippen molar-refractivity contribution in [2.75, 3.05) is 5.73 Å². The lowest BCUT2D eigenvalue weighted by atomic mass is 10.0. The van der Waals surface area contributed by atoms with E-state index in [-0.39, 0.29) is 22.5 Å². The predicted octanol–water partition coefficient (Wildman–Crippen LogP) is 1.78. The van der Waals surface area contributed by atoms with E-state index in [0.29, 0.717) is 0 Å². The number of nitrogens with two attached hydrogens (primary N) is 1. The SMILES string of the molecule is Cn1c(N)cc(-c2ccc(F)c(F)c2)c(C#N)c1=O. The number of hydrogen-bond acceptors (Lipinski definition) is 3. The van der Waals surface area contributed by atoms with Gasteiger partial charge in [0, 0.05) is 12.6 Å². The molecule has 0 aliphatic carbocycles. The third-order valence-electron chi connectivity index (χ3n) is 2.81. The van der Waals surface area contributed by atoms with Gasteiger partial charge in [0.1, 0.15) is 17.5 Å². The molecule has 6 heteroatoms. The molecule has 96 valence electrons. The maximum Gasteiger partial charge on any atom is 0.270 e. The van der Waals surface area contributed by atoms with E-state index in [0.717, 1.165) is 16.7 Å². The quantitative estimate of drug-likeness (QED) is 0.850. The number of nitrogen functional groups attached to an aromatic ring is 1. The Morgan fingerprint density at radius 2 is 1.95 bits per heavy atom. The van der Waals surface area contributed by atoms with Gasteiger partial charge < -0.3 is 5.73 Å². The van der Waals surface area contributed by atoms with Gasteiger partial charge >= 0.3 is 0 Å². The summed E-state index contributed by atoms with van der Waals surface area (Å²) in [6.45, 7) is 0. The van der Waals surface area contributed by atoms with Crippen LogP contribution in [0, 0.1) is 23.0 Å². The van der Waals surface area contributed by atoms with Crippen molar-refractivity contribution in [1.29, 1.82) is 5.26 Å². The third-order valence-corrected chi connectivity index (χ3v) is 2.81. The summed E-state index contributed by atoms with van der Waals surface area (Å²) in [5.41, 5.74) is 5.30. The zero-order valence-corrected chi connectivity index (χ0v) is 9.95. The van der Waals surface area contributed by atoms with E-state index < -0.39 is 17.2 Å². The van der Waals surface area contributed by atoms with Crippen LogP contribution in [-0.2, 0) is 7.05 Å². The minimum Gasteiger partial charge on any atom is -0.385 e. The Morgan fingerprint density at radius 3 is 2.53 bits per heavy atom. The smallest absolute Gasteiger partial charge is 0.270 e. The molecule has 1 aromatic heterocycles. The first-order valence-corrected chi connectivity index (χ1v) is 5.30. The number of rotatable bonds is 1. The Morgan fingerprint density at radius 1 is 1.26 bits per heavy atom. The van der Waals surface area contributed by atoms with Crippen LogP contribution < -0.4 is 11.3 Å². The van der Waals surface area contributed by atoms with Crippen molar-refractivity contribution in [2.45, 2.75) is 0 Å². The minimum absolute atomic E-state index is 0.128. The molecule has 0 fully saturated rings. The molecule has 0 saturated carbocycles. The normalized spacial score (nSPS) is 10.2. The molecule has 0 radical (unpaired) electrons. The summed E-state index contributed by atoms with van der Waals surface area (Å²) in [5, 5.41) is 9.03. The van der Waals surface area contributed by atoms with Crippen LogP contribution in [0.1, 0.15) is 5.56 Å². The highest BCUT2D eigenvalue weighted by Gasteiger charge is 2.14. The van der Waals surface area contributed by atoms with Crippen LogP contribution in [0.3, 0.4) is 0 Å². The van der Waals surface area contributed by atoms with Crippen molar-refractivity contribution in [3.8, 4) is 17.2 Å². The Hall–Kier alpha value is -2.68. The fourth-order valence-electron chi connectivity index (χ4n) is 1.72. The first-order chi connectivity index (χ1) is 8.95. The summed E-state index contributed by atoms with van der Waals surface area (Å²) in [7, 11) is 1.42. The molecular weight excluding hydrogens is 252 g/mol. The molecule has 0 aliphatic heterocycles. The standard InChI is InChI=1S/C13H9F2N3O/c1-18-12(17)5-8(9(6-16)13(18)19)7-2-3-10(14)11(15)4-7/h2-5H,17H2,1H3. The highest BCUT2D eigenvalue weighted by molar-refractivity contribution is 5.72. The van der Waals surface area contributed by atoms with E-state index >= 15 is 0 Å². The molecule has 0 spiro atoms. The van der Waals surface area contributed by atoms with Crippen molar-refractivity contribution in [3.05, 3.63) is 51.8 Å². The highest BCUT2D eigenvalue weighted by atomic mass is 19.2. The Kier molecular flexibility index (Phi) is 3.05. The molecule has 2 N–H and O–H groups in total. The van der Waals surface area contributed by atoms with Gasteiger partial charge in [-0.1, -0.05) is 6.07 Å². The Labute approximate surface area is 107 Å². The number of hydrogen-bond donors (Lipinski definition) is 1. The lowest BCUT2D eigenvalue weighted by Gasteiger charge is -2.09. The number of aromatic nitrogens is 1. The lowest BCUT2D eigenvalue weighted by Crippen LogP contribution is -2.23. The van der Waals surface area contributed by atoms with Crippen molar-refractivity contribution in [3.63, 3.8) is 0 Å². The Bertz CT molecular complexity index is 760. The molecule has 19 heavy (non-hydrogen) atoms. The zero-order valence-electron chi connectivity index (χ0n) is 9.95. The Balaban J connectivity index is 2.79. The molecule has 0 aliphatic rings. The fourth-order valence-corrected chi connectivity index (χ4v) is 1.72. The van der Waals surface area contributed by atoms with Gasteiger partial charge in [-0.3, -0.25) is 9.36 Å². The van der Waals surface area contributed by atoms with Gasteiger partial charge in [0.2, 0.25) is 0 Å². The molecule has 2 aromatic rings. The van der Waals surface area contributed by atoms with E-state index in [1.165, 1.54) is 19.2 Å². The summed E-state index contributed by atoms with van der Waals surface area (Å²) >= 11 is 0. The van der Waals surface area contributed by atoms with Crippen molar-refractivity contribution in [1.82, 2.24) is 4.57 Å². The van der Waals surface area contributed by atoms with E-state index in [1.54, 1.807) is 6.07 Å². The monoisotopic (exact) mass is 261 g/mol. The van der Waals surface area contributed by atoms with Crippen LogP contribution in [-0.4, -0.2) is 4.57 Å². The number of pyridine rings is 1. The molecule has 0 bridgehead atoms. The van der Waals surface area contributed by atoms with Gasteiger partial charge in [0.25, 0.3) is 5.56 Å². The molecule has 1 heterocycles. The van der Waals surface area contributed by atoms with Crippen LogP contribution in [0.15, 0.2) is 29.1 Å². The molecule has 4 nitrogen and oxygen atoms in total. The number of benzene rings is 1. The molecule has 1 aromatic carbocycles. The van der Waals surface area contributed by atoms with Crippen LogP contribution in [0.5, 0.6) is 0 Å². The summed E-state index contributed by atoms with van der Waals surface area (Å²) in [5.74, 6) is -1.93. The van der Waals surface area contributed by atoms with Crippen molar-refractivity contribution >= 4 is 5.82 Å². The molecule has 0 unspecified atom stereocenters. The second-order valence-electron chi connectivity index (χ2n) is 3.96. The molecule has 2 rings (SSSR count). The van der Waals surface area contributed by atoms with E-state index in [4.69, 9.17) is 11.0 Å². The average Bonchev–Trinajstić information content (AvgIpc) is 2.39. The van der Waals surface area contributed by atoms with Crippen LogP contribution in [0.4, 0.5) is 14.6 Å². The minimum atomic E-state index is -1.05. The van der Waals surface area contributed by atoms with Crippen LogP contribution in [0.25, 0.3) is 11.1 Å². The van der Waals surface area contributed by atoms with Gasteiger partial charge in [-0.05, 0) is 23.8 Å². The van der Waals surface area contributed by atoms with E-state index in [1.807, 2.05) is 0 Å². The molecule has 0 atom stereocenters. The summed E-state index contributed by atoms with van der Waals surface area (Å²) in [6.07, 6.45) is 0. The largest absolute Gasteiger partial charge is 0.385 e. The number of halogens is 2. The predicted molar refractivity (Wildman–Crippen MR) is 66.2 cm³/mol. The number of nitrogens with zero attached hydrogens (tertiary/aromatic N) is 2. The highest BCUT2D eigenvalue weighted by Crippen LogP contribution is 2.24. The van der Waals surface area contributed by atoms with Crippen LogP contribution >= 0.6 is 0 Å². The summed E-state index contributed by atoms with van der Waals surface area (Å²) in [6, 6.07) is 6.28. The van der Waals surface area contributed by atoms with E-state index in [9.17, 15) is 13.6 Å². The lowest BCUT2D eigenvalue weighted by molar-refractivity contribution is 0.509. The molecule has 0 amide bonds. The second-order valence-corrected chi connectivity index (χ2v) is 3.96. The molecule has 0 saturated heterocycles. The zero-order chi connectivity index (χ0) is 14.2. The fraction of sp³-hybridized carbons (Fsp3) is 0.0769. The van der Waals surface area contributed by atoms with Crippen LogP contribution in [0.2, 0.25) is 0 Å². The number of anilines is 1.